The van der Waals surface area contributed by atoms with Gasteiger partial charge in [0.25, 0.3) is 5.91 Å². The standard InChI is InChI=1S/C24H20ClFN6O2/c1-2-32-13-18(22(31-32)15-9-10-28-21(12-15)23(27)33)14-3-8-19(25)20(11-14)30-24(34)29-17-6-4-16(26)5-7-17/h3-13H,2H2,1H3,(H2,27,33)(H2,29,30,34). The van der Waals surface area contributed by atoms with Crippen molar-refractivity contribution in [2.75, 3.05) is 10.6 Å². The Labute approximate surface area is 199 Å². The zero-order valence-corrected chi connectivity index (χ0v) is 18.8. The van der Waals surface area contributed by atoms with Crippen LogP contribution in [0.2, 0.25) is 5.02 Å². The van der Waals surface area contributed by atoms with Gasteiger partial charge in [-0.1, -0.05) is 17.7 Å². The number of carbonyl (C=O) groups excluding carboxylic acids is 2. The summed E-state index contributed by atoms with van der Waals surface area (Å²) in [6.45, 7) is 2.58. The molecule has 3 amide bonds. The molecule has 172 valence electrons. The minimum absolute atomic E-state index is 0.130. The van der Waals surface area contributed by atoms with Crippen molar-refractivity contribution in [3.05, 3.63) is 83.5 Å². The number of hydrogen-bond acceptors (Lipinski definition) is 4. The molecule has 0 saturated carbocycles. The summed E-state index contributed by atoms with van der Waals surface area (Å²) in [5.74, 6) is -1.04. The number of primary amides is 1. The van der Waals surface area contributed by atoms with Gasteiger partial charge in [-0.05, 0) is 61.0 Å². The van der Waals surface area contributed by atoms with E-state index < -0.39 is 17.8 Å². The highest BCUT2D eigenvalue weighted by atomic mass is 35.5. The fourth-order valence-electron chi connectivity index (χ4n) is 3.33. The van der Waals surface area contributed by atoms with E-state index in [4.69, 9.17) is 17.3 Å². The molecule has 34 heavy (non-hydrogen) atoms. The van der Waals surface area contributed by atoms with Gasteiger partial charge in [-0.3, -0.25) is 14.5 Å². The molecule has 4 rings (SSSR count). The van der Waals surface area contributed by atoms with E-state index in [1.807, 2.05) is 19.2 Å². The van der Waals surface area contributed by atoms with Gasteiger partial charge in [-0.25, -0.2) is 9.18 Å². The summed E-state index contributed by atoms with van der Waals surface area (Å²) in [5, 5.41) is 10.3. The van der Waals surface area contributed by atoms with Crippen LogP contribution in [-0.4, -0.2) is 26.7 Å². The number of carbonyl (C=O) groups is 2. The second-order valence-corrected chi connectivity index (χ2v) is 7.73. The molecular weight excluding hydrogens is 459 g/mol. The third-order valence-electron chi connectivity index (χ3n) is 5.00. The van der Waals surface area contributed by atoms with Crippen LogP contribution in [0.15, 0.2) is 67.0 Å². The number of amides is 3. The fraction of sp³-hybridized carbons (Fsp3) is 0.0833. The van der Waals surface area contributed by atoms with Crippen molar-refractivity contribution < 1.29 is 14.0 Å². The lowest BCUT2D eigenvalue weighted by Gasteiger charge is -2.11. The minimum Gasteiger partial charge on any atom is -0.364 e. The highest BCUT2D eigenvalue weighted by molar-refractivity contribution is 6.34. The first-order valence-electron chi connectivity index (χ1n) is 10.3. The van der Waals surface area contributed by atoms with Crippen LogP contribution in [-0.2, 0) is 6.54 Å². The van der Waals surface area contributed by atoms with Gasteiger partial charge in [-0.2, -0.15) is 5.10 Å². The zero-order valence-electron chi connectivity index (χ0n) is 18.0. The van der Waals surface area contributed by atoms with Crippen molar-refractivity contribution in [3.63, 3.8) is 0 Å². The number of anilines is 2. The number of nitrogens with two attached hydrogens (primary N) is 1. The maximum Gasteiger partial charge on any atom is 0.323 e. The van der Waals surface area contributed by atoms with E-state index in [2.05, 4.69) is 20.7 Å². The van der Waals surface area contributed by atoms with Gasteiger partial charge in [0.1, 0.15) is 17.2 Å². The van der Waals surface area contributed by atoms with Gasteiger partial charge in [-0.15, -0.1) is 0 Å². The van der Waals surface area contributed by atoms with Crippen LogP contribution in [0.5, 0.6) is 0 Å². The third-order valence-corrected chi connectivity index (χ3v) is 5.33. The van der Waals surface area contributed by atoms with Crippen molar-refractivity contribution in [3.8, 4) is 22.4 Å². The van der Waals surface area contributed by atoms with Gasteiger partial charge in [0.05, 0.1) is 10.7 Å². The Kier molecular flexibility index (Phi) is 6.55. The summed E-state index contributed by atoms with van der Waals surface area (Å²) in [6, 6.07) is 13.4. The SMILES string of the molecule is CCn1cc(-c2ccc(Cl)c(NC(=O)Nc3ccc(F)cc3)c2)c(-c2ccnc(C(N)=O)c2)n1. The summed E-state index contributed by atoms with van der Waals surface area (Å²) in [7, 11) is 0. The number of benzene rings is 2. The Hall–Kier alpha value is -4.24. The minimum atomic E-state index is -0.636. The number of nitrogens with zero attached hydrogens (tertiary/aromatic N) is 3. The van der Waals surface area contributed by atoms with Crippen LogP contribution in [0.4, 0.5) is 20.6 Å². The van der Waals surface area contributed by atoms with E-state index in [1.54, 1.807) is 28.9 Å². The predicted molar refractivity (Wildman–Crippen MR) is 129 cm³/mol. The van der Waals surface area contributed by atoms with Gasteiger partial charge in [0, 0.05) is 35.8 Å². The molecule has 0 fully saturated rings. The lowest BCUT2D eigenvalue weighted by atomic mass is 10.0. The summed E-state index contributed by atoms with van der Waals surface area (Å²) in [4.78, 5) is 28.0. The van der Waals surface area contributed by atoms with Crippen LogP contribution >= 0.6 is 11.6 Å². The molecule has 2 aromatic carbocycles. The predicted octanol–water partition coefficient (Wildman–Crippen LogP) is 5.17. The van der Waals surface area contributed by atoms with E-state index in [1.165, 1.54) is 30.5 Å². The largest absolute Gasteiger partial charge is 0.364 e. The average molecular weight is 479 g/mol. The van der Waals surface area contributed by atoms with E-state index >= 15 is 0 Å². The smallest absolute Gasteiger partial charge is 0.323 e. The van der Waals surface area contributed by atoms with Crippen molar-refractivity contribution >= 4 is 34.9 Å². The second kappa shape index (κ2) is 9.72. The first-order chi connectivity index (χ1) is 16.3. The number of nitrogens with one attached hydrogen (secondary N) is 2. The van der Waals surface area contributed by atoms with Crippen LogP contribution in [0.3, 0.4) is 0 Å². The van der Waals surface area contributed by atoms with Gasteiger partial charge < -0.3 is 16.4 Å². The summed E-state index contributed by atoms with van der Waals surface area (Å²) >= 11 is 6.32. The number of rotatable bonds is 6. The molecule has 4 aromatic rings. The van der Waals surface area contributed by atoms with Crippen molar-refractivity contribution in [2.45, 2.75) is 13.5 Å². The monoisotopic (exact) mass is 478 g/mol. The number of pyridine rings is 1. The fourth-order valence-corrected chi connectivity index (χ4v) is 3.49. The zero-order chi connectivity index (χ0) is 24.2. The molecular formula is C24H20ClFN6O2. The molecule has 4 N–H and O–H groups in total. The molecule has 0 aliphatic carbocycles. The maximum atomic E-state index is 13.1. The Morgan fingerprint density at radius 2 is 1.82 bits per heavy atom. The van der Waals surface area contributed by atoms with Crippen LogP contribution in [0.1, 0.15) is 17.4 Å². The Bertz CT molecular complexity index is 1370. The van der Waals surface area contributed by atoms with E-state index in [0.29, 0.717) is 34.2 Å². The van der Waals surface area contributed by atoms with Crippen molar-refractivity contribution in [2.24, 2.45) is 5.73 Å². The molecule has 0 spiro atoms. The number of aryl methyl sites for hydroxylation is 1. The molecule has 0 bridgehead atoms. The summed E-state index contributed by atoms with van der Waals surface area (Å²) < 4.78 is 14.9. The molecule has 10 heteroatoms. The molecule has 0 radical (unpaired) electrons. The van der Waals surface area contributed by atoms with Gasteiger partial charge in [0.2, 0.25) is 0 Å². The molecule has 0 aliphatic heterocycles. The molecule has 0 unspecified atom stereocenters. The second-order valence-electron chi connectivity index (χ2n) is 7.32. The Balaban J connectivity index is 1.66. The van der Waals surface area contributed by atoms with Crippen LogP contribution in [0.25, 0.3) is 22.4 Å². The van der Waals surface area contributed by atoms with Gasteiger partial charge >= 0.3 is 6.03 Å². The number of aromatic nitrogens is 3. The molecule has 0 aliphatic rings. The van der Waals surface area contributed by atoms with E-state index in [-0.39, 0.29) is 5.69 Å². The normalized spacial score (nSPS) is 10.7. The summed E-state index contributed by atoms with van der Waals surface area (Å²) in [6.07, 6.45) is 3.37. The van der Waals surface area contributed by atoms with Gasteiger partial charge in [0.15, 0.2) is 0 Å². The molecule has 2 aromatic heterocycles. The van der Waals surface area contributed by atoms with Crippen molar-refractivity contribution in [1.29, 1.82) is 0 Å². The molecule has 2 heterocycles. The lowest BCUT2D eigenvalue weighted by Crippen LogP contribution is -2.19. The molecule has 8 nitrogen and oxygen atoms in total. The molecule has 0 saturated heterocycles. The van der Waals surface area contributed by atoms with Crippen LogP contribution in [0, 0.1) is 5.82 Å². The number of halogens is 2. The number of urea groups is 1. The quantitative estimate of drug-likeness (QED) is 0.354. The highest BCUT2D eigenvalue weighted by Crippen LogP contribution is 2.35. The maximum absolute atomic E-state index is 13.1. The summed E-state index contributed by atoms with van der Waals surface area (Å²) in [5.41, 5.74) is 9.12. The van der Waals surface area contributed by atoms with E-state index in [9.17, 15) is 14.0 Å². The highest BCUT2D eigenvalue weighted by Gasteiger charge is 2.16. The first kappa shape index (κ1) is 22.9. The van der Waals surface area contributed by atoms with Crippen molar-refractivity contribution in [1.82, 2.24) is 14.8 Å². The Morgan fingerprint density at radius 1 is 1.06 bits per heavy atom. The topological polar surface area (TPSA) is 115 Å². The van der Waals surface area contributed by atoms with Crippen LogP contribution < -0.4 is 16.4 Å². The molecule has 0 atom stereocenters. The lowest BCUT2D eigenvalue weighted by molar-refractivity contribution is 0.0995. The average Bonchev–Trinajstić information content (AvgIpc) is 3.27. The van der Waals surface area contributed by atoms with E-state index in [0.717, 1.165) is 11.1 Å². The number of hydrogen-bond donors (Lipinski definition) is 3. The first-order valence-corrected chi connectivity index (χ1v) is 10.7. The Morgan fingerprint density at radius 3 is 2.53 bits per heavy atom. The third kappa shape index (κ3) is 5.05.